The van der Waals surface area contributed by atoms with Gasteiger partial charge in [-0.2, -0.15) is 0 Å². The van der Waals surface area contributed by atoms with E-state index in [1.165, 1.54) is 13.2 Å². The lowest BCUT2D eigenvalue weighted by Gasteiger charge is -2.12. The minimum atomic E-state index is -0.856. The van der Waals surface area contributed by atoms with E-state index in [0.29, 0.717) is 24.5 Å². The van der Waals surface area contributed by atoms with Gasteiger partial charge in [-0.3, -0.25) is 0 Å². The van der Waals surface area contributed by atoms with Crippen molar-refractivity contribution >= 4 is 11.9 Å². The molecular formula is C16H18O6. The fourth-order valence-electron chi connectivity index (χ4n) is 2.08. The van der Waals surface area contributed by atoms with Crippen LogP contribution in [0.3, 0.4) is 0 Å². The molecule has 2 atom stereocenters. The second kappa shape index (κ2) is 6.98. The molecule has 0 N–H and O–H groups in total. The molecule has 2 rings (SSSR count). The number of carbonyl (C=O) groups excluding carboxylic acids is 2. The number of cyclic esters (lactones) is 1. The molecule has 1 aromatic carbocycles. The lowest BCUT2D eigenvalue weighted by Crippen LogP contribution is -2.22. The number of hydrogen-bond donors (Lipinski definition) is 0. The summed E-state index contributed by atoms with van der Waals surface area (Å²) in [6.45, 7) is 5.64. The highest BCUT2D eigenvalue weighted by Crippen LogP contribution is 2.29. The van der Waals surface area contributed by atoms with E-state index in [1.54, 1.807) is 25.1 Å². The van der Waals surface area contributed by atoms with Crippen molar-refractivity contribution in [3.05, 3.63) is 36.4 Å². The lowest BCUT2D eigenvalue weighted by molar-refractivity contribution is -0.147. The van der Waals surface area contributed by atoms with Gasteiger partial charge in [0.15, 0.2) is 11.5 Å². The zero-order chi connectivity index (χ0) is 16.1. The normalized spacial score (nSPS) is 20.2. The van der Waals surface area contributed by atoms with Crippen molar-refractivity contribution in [1.29, 1.82) is 0 Å². The van der Waals surface area contributed by atoms with Crippen LogP contribution < -0.4 is 9.47 Å². The second-order valence-electron chi connectivity index (χ2n) is 4.84. The van der Waals surface area contributed by atoms with Gasteiger partial charge in [0.2, 0.25) is 6.10 Å². The summed E-state index contributed by atoms with van der Waals surface area (Å²) in [5, 5.41) is 0. The van der Waals surface area contributed by atoms with Crippen molar-refractivity contribution in [3.63, 3.8) is 0 Å². The highest BCUT2D eigenvalue weighted by Gasteiger charge is 2.35. The summed E-state index contributed by atoms with van der Waals surface area (Å²) in [7, 11) is 1.47. The van der Waals surface area contributed by atoms with E-state index in [1.807, 2.05) is 0 Å². The minimum absolute atomic E-state index is 0.241. The van der Waals surface area contributed by atoms with E-state index in [2.05, 4.69) is 6.58 Å². The van der Waals surface area contributed by atoms with Crippen LogP contribution in [0.2, 0.25) is 0 Å². The highest BCUT2D eigenvalue weighted by molar-refractivity contribution is 5.92. The van der Waals surface area contributed by atoms with Crippen LogP contribution in [0.5, 0.6) is 11.5 Å². The van der Waals surface area contributed by atoms with Gasteiger partial charge in [-0.05, 0) is 25.1 Å². The number of carbonyl (C=O) groups is 2. The first-order valence-electron chi connectivity index (χ1n) is 6.88. The molecule has 0 radical (unpaired) electrons. The first-order chi connectivity index (χ1) is 10.5. The summed E-state index contributed by atoms with van der Waals surface area (Å²) in [6, 6.07) is 4.66. The van der Waals surface area contributed by atoms with Gasteiger partial charge in [0.25, 0.3) is 0 Å². The van der Waals surface area contributed by atoms with Gasteiger partial charge in [0, 0.05) is 6.42 Å². The minimum Gasteiger partial charge on any atom is -0.493 e. The summed E-state index contributed by atoms with van der Waals surface area (Å²) in [4.78, 5) is 23.6. The van der Waals surface area contributed by atoms with Crippen LogP contribution in [0.1, 0.15) is 23.7 Å². The Kier molecular flexibility index (Phi) is 5.04. The summed E-state index contributed by atoms with van der Waals surface area (Å²) >= 11 is 0. The quantitative estimate of drug-likeness (QED) is 0.592. The molecule has 6 heteroatoms. The Morgan fingerprint density at radius 2 is 2.23 bits per heavy atom. The summed E-state index contributed by atoms with van der Waals surface area (Å²) in [5.74, 6) is -0.227. The molecule has 1 heterocycles. The predicted octanol–water partition coefficient (Wildman–Crippen LogP) is 2.12. The Balaban J connectivity index is 2.09. The van der Waals surface area contributed by atoms with Crippen LogP contribution in [0.4, 0.5) is 0 Å². The van der Waals surface area contributed by atoms with Gasteiger partial charge in [-0.1, -0.05) is 12.7 Å². The average molecular weight is 306 g/mol. The summed E-state index contributed by atoms with van der Waals surface area (Å²) in [5.41, 5.74) is 0.273. The Morgan fingerprint density at radius 1 is 1.45 bits per heavy atom. The number of rotatable bonds is 6. The van der Waals surface area contributed by atoms with Crippen LogP contribution in [-0.4, -0.2) is 37.9 Å². The van der Waals surface area contributed by atoms with Crippen molar-refractivity contribution in [2.24, 2.45) is 0 Å². The van der Waals surface area contributed by atoms with Crippen LogP contribution in [-0.2, 0) is 14.3 Å². The van der Waals surface area contributed by atoms with Crippen LogP contribution in [0, 0.1) is 0 Å². The van der Waals surface area contributed by atoms with E-state index in [-0.39, 0.29) is 11.7 Å². The van der Waals surface area contributed by atoms with Gasteiger partial charge in [-0.15, -0.1) is 0 Å². The molecule has 0 amide bonds. The molecule has 0 saturated carbocycles. The molecule has 0 aromatic heterocycles. The third kappa shape index (κ3) is 3.58. The van der Waals surface area contributed by atoms with E-state index >= 15 is 0 Å². The van der Waals surface area contributed by atoms with Crippen LogP contribution in [0.15, 0.2) is 30.9 Å². The molecule has 1 aromatic rings. The average Bonchev–Trinajstić information content (AvgIpc) is 2.82. The second-order valence-corrected chi connectivity index (χ2v) is 4.84. The first-order valence-corrected chi connectivity index (χ1v) is 6.88. The number of ether oxygens (including phenoxy) is 4. The largest absolute Gasteiger partial charge is 0.493 e. The first kappa shape index (κ1) is 15.9. The van der Waals surface area contributed by atoms with Crippen molar-refractivity contribution < 1.29 is 28.5 Å². The number of methoxy groups -OCH3 is 1. The maximum absolute atomic E-state index is 12.1. The fourth-order valence-corrected chi connectivity index (χ4v) is 2.08. The number of hydrogen-bond acceptors (Lipinski definition) is 6. The molecule has 1 aliphatic heterocycles. The van der Waals surface area contributed by atoms with Gasteiger partial charge < -0.3 is 18.9 Å². The van der Waals surface area contributed by atoms with Gasteiger partial charge in [0.1, 0.15) is 12.7 Å². The highest BCUT2D eigenvalue weighted by atomic mass is 16.6. The molecule has 0 bridgehead atoms. The Bertz CT molecular complexity index is 580. The molecule has 1 saturated heterocycles. The molecule has 0 spiro atoms. The molecule has 1 fully saturated rings. The summed E-state index contributed by atoms with van der Waals surface area (Å²) < 4.78 is 20.7. The van der Waals surface area contributed by atoms with Crippen molar-refractivity contribution in [3.8, 4) is 11.5 Å². The Labute approximate surface area is 128 Å². The Morgan fingerprint density at radius 3 is 2.82 bits per heavy atom. The molecule has 118 valence electrons. The monoisotopic (exact) mass is 306 g/mol. The molecular weight excluding hydrogens is 288 g/mol. The SMILES string of the molecule is C=CCOc1ccc(C(=O)O[C@@H]2C[C@@H](C)OC2=O)cc1OC. The lowest BCUT2D eigenvalue weighted by atomic mass is 10.2. The van der Waals surface area contributed by atoms with Crippen LogP contribution in [0.25, 0.3) is 0 Å². The predicted molar refractivity (Wildman–Crippen MR) is 78.1 cm³/mol. The van der Waals surface area contributed by atoms with E-state index < -0.39 is 18.0 Å². The van der Waals surface area contributed by atoms with Crippen molar-refractivity contribution in [1.82, 2.24) is 0 Å². The molecule has 22 heavy (non-hydrogen) atoms. The van der Waals surface area contributed by atoms with Gasteiger partial charge in [-0.25, -0.2) is 9.59 Å². The van der Waals surface area contributed by atoms with Gasteiger partial charge in [0.05, 0.1) is 12.7 Å². The third-order valence-corrected chi connectivity index (χ3v) is 3.13. The smallest absolute Gasteiger partial charge is 0.347 e. The van der Waals surface area contributed by atoms with Crippen molar-refractivity contribution in [2.45, 2.75) is 25.6 Å². The maximum atomic E-state index is 12.1. The van der Waals surface area contributed by atoms with E-state index in [9.17, 15) is 9.59 Å². The maximum Gasteiger partial charge on any atom is 0.347 e. The molecule has 1 aliphatic rings. The topological polar surface area (TPSA) is 71.1 Å². The van der Waals surface area contributed by atoms with E-state index in [4.69, 9.17) is 18.9 Å². The number of benzene rings is 1. The van der Waals surface area contributed by atoms with Crippen molar-refractivity contribution in [2.75, 3.05) is 13.7 Å². The molecule has 0 unspecified atom stereocenters. The molecule has 6 nitrogen and oxygen atoms in total. The third-order valence-electron chi connectivity index (χ3n) is 3.13. The number of esters is 2. The molecule has 0 aliphatic carbocycles. The fraction of sp³-hybridized carbons (Fsp3) is 0.375. The standard InChI is InChI=1S/C16H18O6/c1-4-7-20-12-6-5-11(9-13(12)19-3)15(17)22-14-8-10(2)21-16(14)18/h4-6,9-10,14H,1,7-8H2,2-3H3/t10-,14-/m1/s1. The Hall–Kier alpha value is -2.50. The van der Waals surface area contributed by atoms with E-state index in [0.717, 1.165) is 0 Å². The zero-order valence-corrected chi connectivity index (χ0v) is 12.5. The van der Waals surface area contributed by atoms with Gasteiger partial charge >= 0.3 is 11.9 Å². The summed E-state index contributed by atoms with van der Waals surface area (Å²) in [6.07, 6.45) is 0.871. The zero-order valence-electron chi connectivity index (χ0n) is 12.5. The van der Waals surface area contributed by atoms with Crippen LogP contribution >= 0.6 is 0 Å².